The van der Waals surface area contributed by atoms with Crippen LogP contribution in [0.15, 0.2) is 34.9 Å². The highest BCUT2D eigenvalue weighted by Crippen LogP contribution is 2.38. The molecule has 4 rings (SSSR count). The second-order valence-corrected chi connectivity index (χ2v) is 8.30. The molecule has 0 bridgehead atoms. The third-order valence-electron chi connectivity index (χ3n) is 5.71. The van der Waals surface area contributed by atoms with Crippen molar-refractivity contribution in [1.29, 1.82) is 0 Å². The molecule has 7 nitrogen and oxygen atoms in total. The summed E-state index contributed by atoms with van der Waals surface area (Å²) in [6, 6.07) is 6.39. The molecule has 1 aliphatic carbocycles. The van der Waals surface area contributed by atoms with Crippen LogP contribution in [-0.4, -0.2) is 46.6 Å². The summed E-state index contributed by atoms with van der Waals surface area (Å²) in [5, 5.41) is 4.21. The molecule has 1 fully saturated rings. The first-order valence-electron chi connectivity index (χ1n) is 11.1. The number of carbonyl (C=O) groups excluding carboxylic acids is 2. The molecule has 0 aliphatic heterocycles. The first-order valence-corrected chi connectivity index (χ1v) is 11.1. The molecule has 1 aromatic carbocycles. The second kappa shape index (κ2) is 9.44. The van der Waals surface area contributed by atoms with Crippen LogP contribution in [0.25, 0.3) is 22.4 Å². The topological polar surface area (TPSA) is 85.5 Å². The quantitative estimate of drug-likeness (QED) is 0.425. The normalized spacial score (nSPS) is 13.8. The minimum Gasteiger partial charge on any atom is -0.466 e. The molecule has 0 spiro atoms. The molecular formula is C24H24F3N3O4. The molecule has 1 amide bonds. The summed E-state index contributed by atoms with van der Waals surface area (Å²) in [6.07, 6.45) is -2.63. The predicted molar refractivity (Wildman–Crippen MR) is 117 cm³/mol. The number of alkyl halides is 3. The van der Waals surface area contributed by atoms with Gasteiger partial charge in [0.25, 0.3) is 11.6 Å². The zero-order valence-electron chi connectivity index (χ0n) is 18.8. The smallest absolute Gasteiger partial charge is 0.417 e. The van der Waals surface area contributed by atoms with Crippen LogP contribution in [0.3, 0.4) is 0 Å². The predicted octanol–water partition coefficient (Wildman–Crippen LogP) is 5.02. The average molecular weight is 475 g/mol. The van der Waals surface area contributed by atoms with Crippen molar-refractivity contribution in [3.63, 3.8) is 0 Å². The first kappa shape index (κ1) is 23.7. The number of esters is 1. The van der Waals surface area contributed by atoms with E-state index < -0.39 is 23.6 Å². The summed E-state index contributed by atoms with van der Waals surface area (Å²) in [4.78, 5) is 31.4. The molecule has 10 heteroatoms. The van der Waals surface area contributed by atoms with Gasteiger partial charge in [0.15, 0.2) is 0 Å². The SMILES string of the molecule is CCOC(=O)CCN(CC1CC1)C(=O)c1cc(-c2ccccc2C(F)(F)F)nc2onc(C)c12. The number of halogens is 3. The van der Waals surface area contributed by atoms with Gasteiger partial charge >= 0.3 is 12.1 Å². The van der Waals surface area contributed by atoms with Gasteiger partial charge in [-0.3, -0.25) is 9.59 Å². The van der Waals surface area contributed by atoms with Crippen molar-refractivity contribution in [3.8, 4) is 11.3 Å². The standard InChI is InChI=1S/C24H24F3N3O4/c1-3-33-20(31)10-11-30(13-15-8-9-15)23(32)17-12-19(28-22-21(17)14(2)29-34-22)16-6-4-5-7-18(16)24(25,26)27/h4-7,12,15H,3,8-11,13H2,1-2H3. The van der Waals surface area contributed by atoms with Gasteiger partial charge in [0.05, 0.1) is 40.9 Å². The highest BCUT2D eigenvalue weighted by Gasteiger charge is 2.35. The maximum Gasteiger partial charge on any atom is 0.417 e. The van der Waals surface area contributed by atoms with E-state index in [9.17, 15) is 22.8 Å². The van der Waals surface area contributed by atoms with Crippen LogP contribution < -0.4 is 0 Å². The van der Waals surface area contributed by atoms with Gasteiger partial charge in [-0.1, -0.05) is 23.4 Å². The van der Waals surface area contributed by atoms with Gasteiger partial charge in [0.1, 0.15) is 0 Å². The molecule has 0 unspecified atom stereocenters. The van der Waals surface area contributed by atoms with Crippen molar-refractivity contribution in [2.75, 3.05) is 19.7 Å². The Morgan fingerprint density at radius 2 is 1.97 bits per heavy atom. The number of aromatic nitrogens is 2. The zero-order chi connectivity index (χ0) is 24.5. The Labute approximate surface area is 193 Å². The number of rotatable bonds is 8. The van der Waals surface area contributed by atoms with E-state index >= 15 is 0 Å². The molecule has 34 heavy (non-hydrogen) atoms. The number of hydrogen-bond donors (Lipinski definition) is 0. The number of pyridine rings is 1. The van der Waals surface area contributed by atoms with Crippen molar-refractivity contribution >= 4 is 23.0 Å². The Morgan fingerprint density at radius 1 is 1.24 bits per heavy atom. The van der Waals surface area contributed by atoms with Crippen molar-refractivity contribution in [2.24, 2.45) is 5.92 Å². The molecule has 0 radical (unpaired) electrons. The number of ether oxygens (including phenoxy) is 1. The van der Waals surface area contributed by atoms with Gasteiger partial charge in [-0.2, -0.15) is 13.2 Å². The van der Waals surface area contributed by atoms with Crippen molar-refractivity contribution in [2.45, 2.75) is 39.3 Å². The van der Waals surface area contributed by atoms with Crippen LogP contribution in [0.1, 0.15) is 47.8 Å². The summed E-state index contributed by atoms with van der Waals surface area (Å²) in [7, 11) is 0. The van der Waals surface area contributed by atoms with E-state index in [0.717, 1.165) is 18.9 Å². The highest BCUT2D eigenvalue weighted by atomic mass is 19.4. The summed E-state index contributed by atoms with van der Waals surface area (Å²) in [6.45, 7) is 4.16. The number of hydrogen-bond acceptors (Lipinski definition) is 6. The number of amides is 1. The Hall–Kier alpha value is -3.43. The van der Waals surface area contributed by atoms with E-state index in [2.05, 4.69) is 10.1 Å². The highest BCUT2D eigenvalue weighted by molar-refractivity contribution is 6.07. The zero-order valence-corrected chi connectivity index (χ0v) is 18.8. The monoisotopic (exact) mass is 475 g/mol. The lowest BCUT2D eigenvalue weighted by atomic mass is 10.00. The van der Waals surface area contributed by atoms with E-state index in [1.54, 1.807) is 18.7 Å². The van der Waals surface area contributed by atoms with Crippen molar-refractivity contribution in [3.05, 3.63) is 47.2 Å². The van der Waals surface area contributed by atoms with Crippen LogP contribution in [0, 0.1) is 12.8 Å². The number of aryl methyl sites for hydroxylation is 1. The van der Waals surface area contributed by atoms with Gasteiger partial charge in [-0.25, -0.2) is 4.98 Å². The van der Waals surface area contributed by atoms with Crippen LogP contribution in [0.2, 0.25) is 0 Å². The van der Waals surface area contributed by atoms with Gasteiger partial charge in [0, 0.05) is 18.7 Å². The minimum absolute atomic E-state index is 0.0207. The fourth-order valence-electron chi connectivity index (χ4n) is 3.87. The van der Waals surface area contributed by atoms with Gasteiger partial charge in [-0.05, 0) is 44.7 Å². The lowest BCUT2D eigenvalue weighted by Crippen LogP contribution is -2.35. The van der Waals surface area contributed by atoms with Crippen LogP contribution in [-0.2, 0) is 15.7 Å². The van der Waals surface area contributed by atoms with Crippen LogP contribution >= 0.6 is 0 Å². The Kier molecular flexibility index (Phi) is 6.58. The van der Waals surface area contributed by atoms with Gasteiger partial charge in [-0.15, -0.1) is 0 Å². The maximum atomic E-state index is 13.7. The van der Waals surface area contributed by atoms with E-state index in [1.165, 1.54) is 24.3 Å². The second-order valence-electron chi connectivity index (χ2n) is 8.30. The van der Waals surface area contributed by atoms with E-state index in [0.29, 0.717) is 23.5 Å². The molecule has 3 aromatic rings. The van der Waals surface area contributed by atoms with Gasteiger partial charge in [0.2, 0.25) is 0 Å². The molecule has 180 valence electrons. The van der Waals surface area contributed by atoms with E-state index in [1.807, 2.05) is 0 Å². The molecular weight excluding hydrogens is 451 g/mol. The Morgan fingerprint density at radius 3 is 2.65 bits per heavy atom. The lowest BCUT2D eigenvalue weighted by Gasteiger charge is -2.23. The minimum atomic E-state index is -4.60. The summed E-state index contributed by atoms with van der Waals surface area (Å²) >= 11 is 0. The number of fused-ring (bicyclic) bond motifs is 1. The summed E-state index contributed by atoms with van der Waals surface area (Å²) in [5.41, 5.74) is -0.559. The Balaban J connectivity index is 1.77. The van der Waals surface area contributed by atoms with E-state index in [-0.39, 0.29) is 42.1 Å². The molecule has 0 saturated heterocycles. The molecule has 0 N–H and O–H groups in total. The first-order chi connectivity index (χ1) is 16.2. The van der Waals surface area contributed by atoms with Crippen LogP contribution in [0.5, 0.6) is 0 Å². The third-order valence-corrected chi connectivity index (χ3v) is 5.71. The maximum absolute atomic E-state index is 13.7. The molecule has 0 atom stereocenters. The van der Waals surface area contributed by atoms with Crippen molar-refractivity contribution in [1.82, 2.24) is 15.0 Å². The Bertz CT molecular complexity index is 1220. The number of benzene rings is 1. The lowest BCUT2D eigenvalue weighted by molar-refractivity contribution is -0.143. The average Bonchev–Trinajstić information content (AvgIpc) is 3.55. The molecule has 2 heterocycles. The van der Waals surface area contributed by atoms with Gasteiger partial charge < -0.3 is 14.2 Å². The largest absolute Gasteiger partial charge is 0.466 e. The number of carbonyl (C=O) groups is 2. The molecule has 1 saturated carbocycles. The molecule has 1 aliphatic rings. The van der Waals surface area contributed by atoms with Crippen LogP contribution in [0.4, 0.5) is 13.2 Å². The third kappa shape index (κ3) is 5.05. The fourth-order valence-corrected chi connectivity index (χ4v) is 3.87. The summed E-state index contributed by atoms with van der Waals surface area (Å²) < 4.78 is 51.2. The summed E-state index contributed by atoms with van der Waals surface area (Å²) in [5.74, 6) is -0.505. The fraction of sp³-hybridized carbons (Fsp3) is 0.417. The van der Waals surface area contributed by atoms with E-state index in [4.69, 9.17) is 9.26 Å². The number of nitrogens with zero attached hydrogens (tertiary/aromatic N) is 3. The molecule has 2 aromatic heterocycles. The van der Waals surface area contributed by atoms with Crippen molar-refractivity contribution < 1.29 is 32.0 Å².